The van der Waals surface area contributed by atoms with E-state index in [4.69, 9.17) is 0 Å². The van der Waals surface area contributed by atoms with Crippen LogP contribution < -0.4 is 0 Å². The minimum absolute atomic E-state index is 0.737. The van der Waals surface area contributed by atoms with Crippen molar-refractivity contribution >= 4 is 0 Å². The summed E-state index contributed by atoms with van der Waals surface area (Å²) in [6, 6.07) is 12.2. The number of H-pyrrole nitrogens is 1. The standard InChI is InChI=1S/C17H14N6/c1-12-8-20-23(11-12)15-5-2-13(3-6-15)14-4-7-16(18-9-14)17-10-19-22-21-17/h2-11H,1H3,(H,19,21,22). The average Bonchev–Trinajstić information content (AvgIpc) is 3.27. The number of benzene rings is 1. The van der Waals surface area contributed by atoms with Crippen LogP contribution in [0.5, 0.6) is 0 Å². The zero-order valence-corrected chi connectivity index (χ0v) is 12.5. The van der Waals surface area contributed by atoms with Gasteiger partial charge in [-0.15, -0.1) is 0 Å². The first-order chi connectivity index (χ1) is 11.3. The maximum Gasteiger partial charge on any atom is 0.131 e. The Hall–Kier alpha value is -3.28. The lowest BCUT2D eigenvalue weighted by atomic mass is 10.1. The van der Waals surface area contributed by atoms with E-state index in [-0.39, 0.29) is 0 Å². The molecule has 112 valence electrons. The lowest BCUT2D eigenvalue weighted by Gasteiger charge is -2.05. The molecule has 0 aliphatic carbocycles. The van der Waals surface area contributed by atoms with Gasteiger partial charge in [-0.2, -0.15) is 20.5 Å². The van der Waals surface area contributed by atoms with E-state index in [0.29, 0.717) is 0 Å². The molecule has 0 saturated heterocycles. The zero-order valence-electron chi connectivity index (χ0n) is 12.5. The number of aryl methyl sites for hydroxylation is 1. The predicted molar refractivity (Wildman–Crippen MR) is 86.9 cm³/mol. The number of hydrogen-bond donors (Lipinski definition) is 1. The van der Waals surface area contributed by atoms with Crippen molar-refractivity contribution in [3.63, 3.8) is 0 Å². The number of nitrogens with one attached hydrogen (secondary N) is 1. The van der Waals surface area contributed by atoms with Crippen molar-refractivity contribution in [3.8, 4) is 28.2 Å². The van der Waals surface area contributed by atoms with Gasteiger partial charge in [0.1, 0.15) is 5.69 Å². The van der Waals surface area contributed by atoms with Crippen LogP contribution >= 0.6 is 0 Å². The zero-order chi connectivity index (χ0) is 15.6. The summed E-state index contributed by atoms with van der Waals surface area (Å²) in [6.45, 7) is 2.03. The van der Waals surface area contributed by atoms with Crippen molar-refractivity contribution in [2.45, 2.75) is 6.92 Å². The average molecular weight is 302 g/mol. The van der Waals surface area contributed by atoms with Crippen molar-refractivity contribution in [3.05, 3.63) is 66.7 Å². The Morgan fingerprint density at radius 2 is 1.70 bits per heavy atom. The van der Waals surface area contributed by atoms with Crippen LogP contribution in [0.2, 0.25) is 0 Å². The van der Waals surface area contributed by atoms with Crippen LogP contribution in [0.25, 0.3) is 28.2 Å². The monoisotopic (exact) mass is 302 g/mol. The van der Waals surface area contributed by atoms with Crippen LogP contribution in [-0.2, 0) is 0 Å². The fourth-order valence-electron chi connectivity index (χ4n) is 2.40. The minimum atomic E-state index is 0.737. The topological polar surface area (TPSA) is 72.3 Å². The molecule has 0 fully saturated rings. The summed E-state index contributed by atoms with van der Waals surface area (Å²) in [6.07, 6.45) is 7.35. The van der Waals surface area contributed by atoms with Gasteiger partial charge in [-0.25, -0.2) is 4.68 Å². The molecule has 0 spiro atoms. The van der Waals surface area contributed by atoms with Gasteiger partial charge in [-0.1, -0.05) is 18.2 Å². The maximum absolute atomic E-state index is 4.44. The largest absolute Gasteiger partial charge is 0.254 e. The Bertz CT molecular complexity index is 905. The first-order valence-corrected chi connectivity index (χ1v) is 7.24. The van der Waals surface area contributed by atoms with Gasteiger partial charge in [-0.3, -0.25) is 4.98 Å². The molecule has 1 aromatic carbocycles. The predicted octanol–water partition coefficient (Wildman–Crippen LogP) is 3.03. The summed E-state index contributed by atoms with van der Waals surface area (Å²) >= 11 is 0. The molecule has 3 aromatic heterocycles. The minimum Gasteiger partial charge on any atom is -0.254 e. The summed E-state index contributed by atoms with van der Waals surface area (Å²) in [5.41, 5.74) is 5.88. The Morgan fingerprint density at radius 1 is 0.870 bits per heavy atom. The number of pyridine rings is 1. The Labute approximate surface area is 132 Å². The first-order valence-electron chi connectivity index (χ1n) is 7.24. The molecule has 6 nitrogen and oxygen atoms in total. The summed E-state index contributed by atoms with van der Waals surface area (Å²) in [5.74, 6) is 0. The molecule has 23 heavy (non-hydrogen) atoms. The third-order valence-electron chi connectivity index (χ3n) is 3.62. The second-order valence-electron chi connectivity index (χ2n) is 5.30. The van der Waals surface area contributed by atoms with Crippen molar-refractivity contribution in [2.24, 2.45) is 0 Å². The van der Waals surface area contributed by atoms with Crippen LogP contribution in [0.1, 0.15) is 5.56 Å². The van der Waals surface area contributed by atoms with Gasteiger partial charge in [0.15, 0.2) is 0 Å². The van der Waals surface area contributed by atoms with Crippen molar-refractivity contribution < 1.29 is 0 Å². The van der Waals surface area contributed by atoms with Crippen molar-refractivity contribution in [1.82, 2.24) is 30.2 Å². The van der Waals surface area contributed by atoms with Gasteiger partial charge >= 0.3 is 0 Å². The number of nitrogens with zero attached hydrogens (tertiary/aromatic N) is 5. The quantitative estimate of drug-likeness (QED) is 0.631. The second kappa shape index (κ2) is 5.49. The van der Waals surface area contributed by atoms with Gasteiger partial charge in [0.2, 0.25) is 0 Å². The molecule has 0 bridgehead atoms. The normalized spacial score (nSPS) is 10.8. The van der Waals surface area contributed by atoms with Gasteiger partial charge in [0, 0.05) is 18.0 Å². The molecule has 3 heterocycles. The van der Waals surface area contributed by atoms with Crippen LogP contribution in [0.4, 0.5) is 0 Å². The molecule has 0 saturated carbocycles. The summed E-state index contributed by atoms with van der Waals surface area (Å²) in [7, 11) is 0. The first kappa shape index (κ1) is 13.4. The number of aromatic nitrogens is 6. The Morgan fingerprint density at radius 3 is 2.30 bits per heavy atom. The highest BCUT2D eigenvalue weighted by atomic mass is 15.3. The van der Waals surface area contributed by atoms with Crippen LogP contribution in [0.3, 0.4) is 0 Å². The van der Waals surface area contributed by atoms with Gasteiger partial charge in [-0.05, 0) is 36.2 Å². The van der Waals surface area contributed by atoms with E-state index in [1.54, 1.807) is 6.20 Å². The molecule has 0 aliphatic heterocycles. The van der Waals surface area contributed by atoms with E-state index in [2.05, 4.69) is 37.6 Å². The fraction of sp³-hybridized carbons (Fsp3) is 0.0588. The van der Waals surface area contributed by atoms with Gasteiger partial charge in [0.05, 0.1) is 23.8 Å². The van der Waals surface area contributed by atoms with Crippen LogP contribution in [0.15, 0.2) is 61.2 Å². The van der Waals surface area contributed by atoms with E-state index in [1.807, 2.05) is 54.5 Å². The lowest BCUT2D eigenvalue weighted by Crippen LogP contribution is -1.93. The molecule has 4 aromatic rings. The molecule has 6 heteroatoms. The van der Waals surface area contributed by atoms with Crippen molar-refractivity contribution in [1.29, 1.82) is 0 Å². The van der Waals surface area contributed by atoms with Crippen LogP contribution in [0, 0.1) is 6.92 Å². The molecule has 0 radical (unpaired) electrons. The van der Waals surface area contributed by atoms with E-state index >= 15 is 0 Å². The number of aromatic amines is 1. The van der Waals surface area contributed by atoms with Crippen LogP contribution in [-0.4, -0.2) is 30.2 Å². The highest BCUT2D eigenvalue weighted by Gasteiger charge is 2.04. The van der Waals surface area contributed by atoms with E-state index in [9.17, 15) is 0 Å². The highest BCUT2D eigenvalue weighted by molar-refractivity contribution is 5.66. The SMILES string of the molecule is Cc1cnn(-c2ccc(-c3ccc(-c4cn[nH]n4)nc3)cc2)c1. The molecular formula is C17H14N6. The van der Waals surface area contributed by atoms with E-state index in [1.165, 1.54) is 0 Å². The number of hydrogen-bond acceptors (Lipinski definition) is 4. The van der Waals surface area contributed by atoms with Gasteiger partial charge < -0.3 is 0 Å². The van der Waals surface area contributed by atoms with E-state index < -0.39 is 0 Å². The lowest BCUT2D eigenvalue weighted by molar-refractivity contribution is 0.880. The van der Waals surface area contributed by atoms with E-state index in [0.717, 1.165) is 33.8 Å². The molecule has 0 amide bonds. The fourth-order valence-corrected chi connectivity index (χ4v) is 2.40. The summed E-state index contributed by atoms with van der Waals surface area (Å²) < 4.78 is 1.87. The summed E-state index contributed by atoms with van der Waals surface area (Å²) in [5, 5.41) is 14.7. The third kappa shape index (κ3) is 2.62. The molecule has 0 unspecified atom stereocenters. The smallest absolute Gasteiger partial charge is 0.131 e. The maximum atomic E-state index is 4.44. The number of rotatable bonds is 3. The van der Waals surface area contributed by atoms with Gasteiger partial charge in [0.25, 0.3) is 0 Å². The highest BCUT2D eigenvalue weighted by Crippen LogP contribution is 2.22. The second-order valence-corrected chi connectivity index (χ2v) is 5.30. The Kier molecular flexibility index (Phi) is 3.20. The third-order valence-corrected chi connectivity index (χ3v) is 3.62. The molecule has 0 aliphatic rings. The molecule has 4 rings (SSSR count). The molecule has 1 N–H and O–H groups in total. The molecular weight excluding hydrogens is 288 g/mol. The molecule has 0 atom stereocenters. The Balaban J connectivity index is 1.60. The summed E-state index contributed by atoms with van der Waals surface area (Å²) in [4.78, 5) is 4.44. The van der Waals surface area contributed by atoms with Crippen molar-refractivity contribution in [2.75, 3.05) is 0 Å².